The molecule has 0 aromatic heterocycles. The molecule has 0 unspecified atom stereocenters. The number of aromatic hydroxyl groups is 1. The van der Waals surface area contributed by atoms with Crippen LogP contribution in [0.15, 0.2) is 29.3 Å². The summed E-state index contributed by atoms with van der Waals surface area (Å²) in [5, 5.41) is 9.11. The molecule has 0 radical (unpaired) electrons. The Labute approximate surface area is 77.9 Å². The lowest BCUT2D eigenvalue weighted by atomic mass is 10.1. The van der Waals surface area contributed by atoms with Crippen LogP contribution in [0.25, 0.3) is 0 Å². The van der Waals surface area contributed by atoms with Gasteiger partial charge in [-0.1, -0.05) is 0 Å². The quantitative estimate of drug-likeness (QED) is 0.698. The standard InChI is InChI=1S/C11H13NO/c1-8-2-7-11(12-8)9-3-5-10(13)6-4-9/h3-6,8,13H,2,7H2,1H3/t8-/m1/s1. The summed E-state index contributed by atoms with van der Waals surface area (Å²) in [5.41, 5.74) is 2.31. The van der Waals surface area contributed by atoms with Gasteiger partial charge in [-0.2, -0.15) is 0 Å². The minimum absolute atomic E-state index is 0.315. The second kappa shape index (κ2) is 3.21. The highest BCUT2D eigenvalue weighted by Gasteiger charge is 2.13. The fraction of sp³-hybridized carbons (Fsp3) is 0.364. The van der Waals surface area contributed by atoms with Crippen molar-refractivity contribution in [1.29, 1.82) is 0 Å². The van der Waals surface area contributed by atoms with Crippen molar-refractivity contribution in [2.75, 3.05) is 0 Å². The number of phenols is 1. The molecule has 0 fully saturated rings. The van der Waals surface area contributed by atoms with Crippen LogP contribution in [0.5, 0.6) is 5.75 Å². The van der Waals surface area contributed by atoms with Crippen molar-refractivity contribution in [3.05, 3.63) is 29.8 Å². The molecule has 1 aliphatic rings. The second-order valence-corrected chi connectivity index (χ2v) is 3.51. The lowest BCUT2D eigenvalue weighted by Gasteiger charge is -1.99. The molecule has 2 nitrogen and oxygen atoms in total. The average Bonchev–Trinajstić information content (AvgIpc) is 2.53. The van der Waals surface area contributed by atoms with E-state index in [1.54, 1.807) is 12.1 Å². The normalized spacial score (nSPS) is 21.6. The number of phenolic OH excluding ortho intramolecular Hbond substituents is 1. The van der Waals surface area contributed by atoms with Gasteiger partial charge >= 0.3 is 0 Å². The molecule has 1 aromatic carbocycles. The van der Waals surface area contributed by atoms with E-state index in [1.807, 2.05) is 12.1 Å². The Morgan fingerprint density at radius 1 is 1.31 bits per heavy atom. The van der Waals surface area contributed by atoms with Crippen LogP contribution in [0.1, 0.15) is 25.3 Å². The van der Waals surface area contributed by atoms with Gasteiger partial charge < -0.3 is 5.11 Å². The molecule has 0 saturated heterocycles. The minimum atomic E-state index is 0.315. The minimum Gasteiger partial charge on any atom is -0.508 e. The van der Waals surface area contributed by atoms with Gasteiger partial charge in [0.1, 0.15) is 5.75 Å². The van der Waals surface area contributed by atoms with E-state index in [0.717, 1.165) is 18.4 Å². The Bertz CT molecular complexity index is 326. The summed E-state index contributed by atoms with van der Waals surface area (Å²) >= 11 is 0. The van der Waals surface area contributed by atoms with Crippen molar-refractivity contribution in [2.24, 2.45) is 4.99 Å². The average molecular weight is 175 g/mol. The highest BCUT2D eigenvalue weighted by Crippen LogP contribution is 2.19. The maximum atomic E-state index is 9.11. The van der Waals surface area contributed by atoms with Crippen molar-refractivity contribution in [3.63, 3.8) is 0 Å². The second-order valence-electron chi connectivity index (χ2n) is 3.51. The number of aliphatic imine (C=N–C) groups is 1. The van der Waals surface area contributed by atoms with Gasteiger partial charge in [0, 0.05) is 11.8 Å². The van der Waals surface area contributed by atoms with Gasteiger partial charge in [-0.15, -0.1) is 0 Å². The fourth-order valence-corrected chi connectivity index (χ4v) is 1.61. The number of benzene rings is 1. The lowest BCUT2D eigenvalue weighted by molar-refractivity contribution is 0.475. The van der Waals surface area contributed by atoms with E-state index in [-0.39, 0.29) is 0 Å². The van der Waals surface area contributed by atoms with Crippen LogP contribution >= 0.6 is 0 Å². The molecule has 1 aromatic rings. The molecule has 1 N–H and O–H groups in total. The first-order chi connectivity index (χ1) is 6.25. The number of nitrogens with zero attached hydrogens (tertiary/aromatic N) is 1. The molecule has 2 rings (SSSR count). The molecule has 1 heterocycles. The van der Waals surface area contributed by atoms with E-state index in [4.69, 9.17) is 5.11 Å². The molecule has 0 saturated carbocycles. The predicted octanol–water partition coefficient (Wildman–Crippen LogP) is 2.36. The van der Waals surface area contributed by atoms with Gasteiger partial charge in [-0.05, 0) is 49.6 Å². The van der Waals surface area contributed by atoms with Crippen LogP contribution in [0.4, 0.5) is 0 Å². The molecule has 0 amide bonds. The van der Waals surface area contributed by atoms with Gasteiger partial charge in [0.2, 0.25) is 0 Å². The summed E-state index contributed by atoms with van der Waals surface area (Å²) in [6.07, 6.45) is 2.21. The summed E-state index contributed by atoms with van der Waals surface area (Å²) < 4.78 is 0. The summed E-state index contributed by atoms with van der Waals surface area (Å²) in [7, 11) is 0. The van der Waals surface area contributed by atoms with Gasteiger partial charge in [-0.25, -0.2) is 0 Å². The molecule has 0 bridgehead atoms. The third kappa shape index (κ3) is 1.72. The monoisotopic (exact) mass is 175 g/mol. The van der Waals surface area contributed by atoms with E-state index < -0.39 is 0 Å². The van der Waals surface area contributed by atoms with Crippen LogP contribution < -0.4 is 0 Å². The van der Waals surface area contributed by atoms with E-state index in [1.165, 1.54) is 5.71 Å². The molecular weight excluding hydrogens is 162 g/mol. The zero-order chi connectivity index (χ0) is 9.26. The predicted molar refractivity (Wildman–Crippen MR) is 53.3 cm³/mol. The molecule has 2 heteroatoms. The highest BCUT2D eigenvalue weighted by atomic mass is 16.3. The van der Waals surface area contributed by atoms with Crippen LogP contribution in [0.2, 0.25) is 0 Å². The lowest BCUT2D eigenvalue weighted by Crippen LogP contribution is -1.94. The van der Waals surface area contributed by atoms with Crippen molar-refractivity contribution in [1.82, 2.24) is 0 Å². The Balaban J connectivity index is 2.26. The summed E-state index contributed by atoms with van der Waals surface area (Å²) in [5.74, 6) is 0.315. The van der Waals surface area contributed by atoms with Gasteiger partial charge in [0.25, 0.3) is 0 Å². The summed E-state index contributed by atoms with van der Waals surface area (Å²) in [4.78, 5) is 4.52. The third-order valence-corrected chi connectivity index (χ3v) is 2.38. The van der Waals surface area contributed by atoms with E-state index in [0.29, 0.717) is 11.8 Å². The molecule has 0 aliphatic carbocycles. The van der Waals surface area contributed by atoms with Crippen molar-refractivity contribution in [3.8, 4) is 5.75 Å². The number of hydrogen-bond acceptors (Lipinski definition) is 2. The van der Waals surface area contributed by atoms with Crippen LogP contribution in [-0.2, 0) is 0 Å². The summed E-state index contributed by atoms with van der Waals surface area (Å²) in [6.45, 7) is 2.13. The Kier molecular flexibility index (Phi) is 2.05. The van der Waals surface area contributed by atoms with Gasteiger partial charge in [0.15, 0.2) is 0 Å². The molecular formula is C11H13NO. The molecule has 1 atom stereocenters. The largest absolute Gasteiger partial charge is 0.508 e. The van der Waals surface area contributed by atoms with Crippen LogP contribution in [-0.4, -0.2) is 16.9 Å². The highest BCUT2D eigenvalue weighted by molar-refractivity contribution is 6.01. The van der Waals surface area contributed by atoms with E-state index in [2.05, 4.69) is 11.9 Å². The van der Waals surface area contributed by atoms with Crippen LogP contribution in [0, 0.1) is 0 Å². The zero-order valence-corrected chi connectivity index (χ0v) is 7.70. The van der Waals surface area contributed by atoms with Crippen LogP contribution in [0.3, 0.4) is 0 Å². The summed E-state index contributed by atoms with van der Waals surface area (Å²) in [6, 6.07) is 7.73. The Hall–Kier alpha value is -1.31. The SMILES string of the molecule is C[C@@H]1CCC(c2ccc(O)cc2)=N1. The van der Waals surface area contributed by atoms with Crippen molar-refractivity contribution in [2.45, 2.75) is 25.8 Å². The maximum absolute atomic E-state index is 9.11. The number of hydrogen-bond donors (Lipinski definition) is 1. The first-order valence-electron chi connectivity index (χ1n) is 4.62. The van der Waals surface area contributed by atoms with Gasteiger partial charge in [0.05, 0.1) is 0 Å². The number of rotatable bonds is 1. The Morgan fingerprint density at radius 2 is 2.00 bits per heavy atom. The molecule has 0 spiro atoms. The van der Waals surface area contributed by atoms with E-state index in [9.17, 15) is 0 Å². The smallest absolute Gasteiger partial charge is 0.115 e. The first-order valence-corrected chi connectivity index (χ1v) is 4.62. The van der Waals surface area contributed by atoms with E-state index >= 15 is 0 Å². The molecule has 68 valence electrons. The fourth-order valence-electron chi connectivity index (χ4n) is 1.61. The van der Waals surface area contributed by atoms with Gasteiger partial charge in [-0.3, -0.25) is 4.99 Å². The third-order valence-electron chi connectivity index (χ3n) is 2.38. The first kappa shape index (κ1) is 8.30. The topological polar surface area (TPSA) is 32.6 Å². The van der Waals surface area contributed by atoms with Crippen molar-refractivity contribution >= 4 is 5.71 Å². The zero-order valence-electron chi connectivity index (χ0n) is 7.70. The Morgan fingerprint density at radius 3 is 2.54 bits per heavy atom. The maximum Gasteiger partial charge on any atom is 0.115 e. The van der Waals surface area contributed by atoms with Crippen molar-refractivity contribution < 1.29 is 5.11 Å². The molecule has 1 aliphatic heterocycles. The molecule has 13 heavy (non-hydrogen) atoms.